The van der Waals surface area contributed by atoms with Gasteiger partial charge in [-0.3, -0.25) is 4.79 Å². The van der Waals surface area contributed by atoms with Crippen LogP contribution in [0.5, 0.6) is 0 Å². The van der Waals surface area contributed by atoms with Crippen molar-refractivity contribution in [2.45, 2.75) is 58.4 Å². The Hall–Kier alpha value is -1.50. The van der Waals surface area contributed by atoms with Gasteiger partial charge in [0.05, 0.1) is 0 Å². The van der Waals surface area contributed by atoms with Gasteiger partial charge in [-0.1, -0.05) is 39.5 Å². The molecule has 0 radical (unpaired) electrons. The Bertz CT molecular complexity index is 347. The molecule has 0 heterocycles. The van der Waals surface area contributed by atoms with Crippen molar-refractivity contribution in [3.63, 3.8) is 0 Å². The molecule has 0 aromatic rings. The molecule has 0 aliphatic heterocycles. The molecule has 1 aliphatic carbocycles. The maximum atomic E-state index is 11.8. The molecule has 0 aromatic carbocycles. The summed E-state index contributed by atoms with van der Waals surface area (Å²) in [4.78, 5) is 11.8. The van der Waals surface area contributed by atoms with Crippen LogP contribution in [0.15, 0.2) is 11.8 Å². The molecule has 4 nitrogen and oxygen atoms in total. The van der Waals surface area contributed by atoms with Gasteiger partial charge in [0.15, 0.2) is 0 Å². The minimum absolute atomic E-state index is 0.171. The van der Waals surface area contributed by atoms with E-state index in [1.54, 1.807) is 6.20 Å². The summed E-state index contributed by atoms with van der Waals surface area (Å²) in [5.41, 5.74) is 0.171. The Morgan fingerprint density at radius 2 is 1.95 bits per heavy atom. The highest BCUT2D eigenvalue weighted by atomic mass is 16.1. The maximum Gasteiger partial charge on any atom is 0.263 e. The number of nitrogens with zero attached hydrogens (tertiary/aromatic N) is 1. The number of nitrogens with one attached hydrogen (secondary N) is 2. The van der Waals surface area contributed by atoms with Gasteiger partial charge in [0.25, 0.3) is 5.91 Å². The monoisotopic (exact) mass is 263 g/mol. The van der Waals surface area contributed by atoms with Crippen LogP contribution >= 0.6 is 0 Å². The van der Waals surface area contributed by atoms with Crippen molar-refractivity contribution in [2.24, 2.45) is 5.92 Å². The Labute approximate surface area is 116 Å². The molecule has 2 N–H and O–H groups in total. The summed E-state index contributed by atoms with van der Waals surface area (Å²) < 4.78 is 0. The van der Waals surface area contributed by atoms with Crippen LogP contribution in [0.1, 0.15) is 52.4 Å². The average Bonchev–Trinajstić information content (AvgIpc) is 2.65. The first-order chi connectivity index (χ1) is 9.13. The third kappa shape index (κ3) is 6.28. The third-order valence-corrected chi connectivity index (χ3v) is 3.35. The van der Waals surface area contributed by atoms with Gasteiger partial charge in [0, 0.05) is 18.8 Å². The van der Waals surface area contributed by atoms with Crippen LogP contribution in [0.25, 0.3) is 0 Å². The van der Waals surface area contributed by atoms with Gasteiger partial charge in [0.1, 0.15) is 11.6 Å². The SMILES string of the molecule is CC(C)CNC(=O)/C(C#N)=C\NC1CCCCCC1. The lowest BCUT2D eigenvalue weighted by Gasteiger charge is -2.14. The quantitative estimate of drug-likeness (QED) is 0.455. The summed E-state index contributed by atoms with van der Waals surface area (Å²) in [5, 5.41) is 15.0. The topological polar surface area (TPSA) is 64.9 Å². The van der Waals surface area contributed by atoms with Gasteiger partial charge in [-0.05, 0) is 18.8 Å². The van der Waals surface area contributed by atoms with Crippen LogP contribution in [-0.2, 0) is 4.79 Å². The molecule has 1 rings (SSSR count). The molecule has 106 valence electrons. The molecular formula is C15H25N3O. The third-order valence-electron chi connectivity index (χ3n) is 3.35. The number of carbonyl (C=O) groups excluding carboxylic acids is 1. The number of nitriles is 1. The zero-order valence-electron chi connectivity index (χ0n) is 12.0. The number of hydrogen-bond acceptors (Lipinski definition) is 3. The fourth-order valence-corrected chi connectivity index (χ4v) is 2.19. The summed E-state index contributed by atoms with van der Waals surface area (Å²) in [6, 6.07) is 2.37. The predicted molar refractivity (Wildman–Crippen MR) is 76.2 cm³/mol. The van der Waals surface area contributed by atoms with Crippen LogP contribution in [-0.4, -0.2) is 18.5 Å². The highest BCUT2D eigenvalue weighted by Crippen LogP contribution is 2.17. The second-order valence-electron chi connectivity index (χ2n) is 5.63. The Balaban J connectivity index is 2.46. The summed E-state index contributed by atoms with van der Waals surface area (Å²) in [6.07, 6.45) is 8.89. The highest BCUT2D eigenvalue weighted by molar-refractivity contribution is 5.97. The van der Waals surface area contributed by atoms with Crippen LogP contribution in [0.3, 0.4) is 0 Å². The van der Waals surface area contributed by atoms with Crippen molar-refractivity contribution in [1.82, 2.24) is 10.6 Å². The van der Waals surface area contributed by atoms with Gasteiger partial charge >= 0.3 is 0 Å². The molecule has 19 heavy (non-hydrogen) atoms. The van der Waals surface area contributed by atoms with E-state index in [4.69, 9.17) is 5.26 Å². The standard InChI is InChI=1S/C15H25N3O/c1-12(2)10-18-15(19)13(9-16)11-17-14-7-5-3-4-6-8-14/h11-12,14,17H,3-8,10H2,1-2H3,(H,18,19)/b13-11-. The lowest BCUT2D eigenvalue weighted by molar-refractivity contribution is -0.117. The van der Waals surface area contributed by atoms with Gasteiger partial charge in [-0.2, -0.15) is 5.26 Å². The van der Waals surface area contributed by atoms with E-state index in [-0.39, 0.29) is 11.5 Å². The minimum Gasteiger partial charge on any atom is -0.387 e. The van der Waals surface area contributed by atoms with E-state index in [1.165, 1.54) is 25.7 Å². The van der Waals surface area contributed by atoms with Crippen LogP contribution in [0.4, 0.5) is 0 Å². The molecule has 0 spiro atoms. The van der Waals surface area contributed by atoms with Crippen LogP contribution in [0, 0.1) is 17.2 Å². The molecule has 0 atom stereocenters. The molecule has 4 heteroatoms. The van der Waals surface area contributed by atoms with Gasteiger partial charge in [0.2, 0.25) is 0 Å². The first-order valence-electron chi connectivity index (χ1n) is 7.28. The maximum absolute atomic E-state index is 11.8. The average molecular weight is 263 g/mol. The highest BCUT2D eigenvalue weighted by Gasteiger charge is 2.13. The van der Waals surface area contributed by atoms with Crippen LogP contribution in [0.2, 0.25) is 0 Å². The van der Waals surface area contributed by atoms with Crippen LogP contribution < -0.4 is 10.6 Å². The van der Waals surface area contributed by atoms with Gasteiger partial charge in [-0.15, -0.1) is 0 Å². The van der Waals surface area contributed by atoms with E-state index in [2.05, 4.69) is 10.6 Å². The van der Waals surface area contributed by atoms with E-state index >= 15 is 0 Å². The molecule has 1 fully saturated rings. The second-order valence-corrected chi connectivity index (χ2v) is 5.63. The smallest absolute Gasteiger partial charge is 0.263 e. The number of hydrogen-bond donors (Lipinski definition) is 2. The van der Waals surface area contributed by atoms with Crippen molar-refractivity contribution < 1.29 is 4.79 Å². The lowest BCUT2D eigenvalue weighted by atomic mass is 10.1. The Kier molecular flexibility index (Phi) is 7.02. The normalized spacial score (nSPS) is 17.7. The van der Waals surface area contributed by atoms with Gasteiger partial charge in [-0.25, -0.2) is 0 Å². The van der Waals surface area contributed by atoms with E-state index in [9.17, 15) is 4.79 Å². The largest absolute Gasteiger partial charge is 0.387 e. The Morgan fingerprint density at radius 3 is 2.47 bits per heavy atom. The molecule has 1 aliphatic rings. The summed E-state index contributed by atoms with van der Waals surface area (Å²) in [7, 11) is 0. The summed E-state index contributed by atoms with van der Waals surface area (Å²) in [5.74, 6) is 0.107. The molecular weight excluding hydrogens is 238 g/mol. The molecule has 1 saturated carbocycles. The van der Waals surface area contributed by atoms with Crippen molar-refractivity contribution in [1.29, 1.82) is 5.26 Å². The van der Waals surface area contributed by atoms with Crippen molar-refractivity contribution in [2.75, 3.05) is 6.54 Å². The zero-order valence-corrected chi connectivity index (χ0v) is 12.0. The molecule has 0 aromatic heterocycles. The summed E-state index contributed by atoms with van der Waals surface area (Å²) >= 11 is 0. The van der Waals surface area contributed by atoms with E-state index in [0.717, 1.165) is 12.8 Å². The fraction of sp³-hybridized carbons (Fsp3) is 0.733. The zero-order chi connectivity index (χ0) is 14.1. The number of rotatable bonds is 5. The first-order valence-corrected chi connectivity index (χ1v) is 7.28. The van der Waals surface area contributed by atoms with E-state index < -0.39 is 0 Å². The van der Waals surface area contributed by atoms with Crippen molar-refractivity contribution in [3.8, 4) is 6.07 Å². The van der Waals surface area contributed by atoms with Crippen molar-refractivity contribution >= 4 is 5.91 Å². The molecule has 0 unspecified atom stereocenters. The first kappa shape index (κ1) is 15.6. The van der Waals surface area contributed by atoms with Crippen molar-refractivity contribution in [3.05, 3.63) is 11.8 Å². The second kappa shape index (κ2) is 8.58. The van der Waals surface area contributed by atoms with Gasteiger partial charge < -0.3 is 10.6 Å². The molecule has 0 bridgehead atoms. The molecule has 1 amide bonds. The number of amides is 1. The number of carbonyl (C=O) groups is 1. The molecule has 0 saturated heterocycles. The minimum atomic E-state index is -0.280. The van der Waals surface area contributed by atoms with E-state index in [1.807, 2.05) is 19.9 Å². The predicted octanol–water partition coefficient (Wildman–Crippen LogP) is 2.48. The summed E-state index contributed by atoms with van der Waals surface area (Å²) in [6.45, 7) is 4.65. The van der Waals surface area contributed by atoms with E-state index in [0.29, 0.717) is 18.5 Å². The fourth-order valence-electron chi connectivity index (χ4n) is 2.19. The lowest BCUT2D eigenvalue weighted by Crippen LogP contribution is -2.30. The Morgan fingerprint density at radius 1 is 1.32 bits per heavy atom.